The molecule has 0 aliphatic rings. The third-order valence-corrected chi connectivity index (χ3v) is 2.12. The van der Waals surface area contributed by atoms with Crippen molar-refractivity contribution >= 4 is 16.8 Å². The van der Waals surface area contributed by atoms with Crippen molar-refractivity contribution in [2.75, 3.05) is 0 Å². The van der Waals surface area contributed by atoms with E-state index in [0.29, 0.717) is 0 Å². The van der Waals surface area contributed by atoms with E-state index < -0.39 is 44.0 Å². The number of nitrogens with zero attached hydrogens (tertiary/aromatic N) is 1. The van der Waals surface area contributed by atoms with E-state index >= 15 is 0 Å². The van der Waals surface area contributed by atoms with Gasteiger partial charge in [-0.15, -0.1) is 0 Å². The fourth-order valence-electron chi connectivity index (χ4n) is 0.850. The minimum Gasteiger partial charge on any atom is -0.768 e. The van der Waals surface area contributed by atoms with E-state index in [2.05, 4.69) is 0 Å². The summed E-state index contributed by atoms with van der Waals surface area (Å²) in [6, 6.07) is 0.0285. The van der Waals surface area contributed by atoms with Crippen LogP contribution in [0.3, 0.4) is 0 Å². The van der Waals surface area contributed by atoms with Crippen LogP contribution >= 0.6 is 0 Å². The Kier molecular flexibility index (Phi) is 3.05. The van der Waals surface area contributed by atoms with Crippen LogP contribution in [-0.4, -0.2) is 13.7 Å². The van der Waals surface area contributed by atoms with Crippen LogP contribution in [0.1, 0.15) is 0 Å². The fraction of sp³-hybridized carbons (Fsp3) is 0. The molecule has 1 atom stereocenters. The Morgan fingerprint density at radius 2 is 1.80 bits per heavy atom. The van der Waals surface area contributed by atoms with Gasteiger partial charge in [-0.05, 0) is 17.1 Å². The molecular formula is C6HF3NO4S-. The zero-order valence-corrected chi connectivity index (χ0v) is 7.52. The average Bonchev–Trinajstić information content (AvgIpc) is 2.10. The first-order chi connectivity index (χ1) is 6.86. The molecule has 0 fully saturated rings. The largest absolute Gasteiger partial charge is 0.768 e. The Labute approximate surface area is 83.0 Å². The van der Waals surface area contributed by atoms with Crippen molar-refractivity contribution in [1.82, 2.24) is 0 Å². The van der Waals surface area contributed by atoms with Crippen molar-refractivity contribution in [2.24, 2.45) is 0 Å². The third kappa shape index (κ3) is 1.97. The van der Waals surface area contributed by atoms with Crippen molar-refractivity contribution in [3.05, 3.63) is 33.6 Å². The Hall–Kier alpha value is -1.48. The van der Waals surface area contributed by atoms with Crippen LogP contribution < -0.4 is 0 Å². The van der Waals surface area contributed by atoms with Crippen LogP contribution in [0.2, 0.25) is 0 Å². The summed E-state index contributed by atoms with van der Waals surface area (Å²) in [5.74, 6) is -5.76. The lowest BCUT2D eigenvalue weighted by Crippen LogP contribution is -2.05. The molecule has 0 bridgehead atoms. The molecule has 0 amide bonds. The van der Waals surface area contributed by atoms with Gasteiger partial charge in [0.25, 0.3) is 0 Å². The van der Waals surface area contributed by atoms with Gasteiger partial charge in [0.2, 0.25) is 11.6 Å². The molecular weight excluding hydrogens is 239 g/mol. The van der Waals surface area contributed by atoms with Crippen LogP contribution in [0.5, 0.6) is 0 Å². The second-order valence-electron chi connectivity index (χ2n) is 2.32. The molecule has 0 aromatic heterocycles. The molecule has 0 saturated carbocycles. The summed E-state index contributed by atoms with van der Waals surface area (Å²) in [5, 5.41) is 10.1. The number of nitro groups is 1. The third-order valence-electron chi connectivity index (χ3n) is 1.46. The van der Waals surface area contributed by atoms with Gasteiger partial charge in [0, 0.05) is 0 Å². The van der Waals surface area contributed by atoms with Gasteiger partial charge in [-0.2, -0.15) is 8.78 Å². The standard InChI is InChI=1S/C6H2F3NO4S/c7-2-1-3(15(13)14)5(9)6(4(2)8)10(11)12/h1H,(H,13,14)/p-1. The lowest BCUT2D eigenvalue weighted by atomic mass is 10.3. The highest BCUT2D eigenvalue weighted by atomic mass is 32.2. The molecule has 1 rings (SSSR count). The summed E-state index contributed by atoms with van der Waals surface area (Å²) in [4.78, 5) is 7.30. The lowest BCUT2D eigenvalue weighted by molar-refractivity contribution is -0.390. The Balaban J connectivity index is 3.63. The summed E-state index contributed by atoms with van der Waals surface area (Å²) in [6.45, 7) is 0. The Morgan fingerprint density at radius 3 is 2.20 bits per heavy atom. The summed E-state index contributed by atoms with van der Waals surface area (Å²) >= 11 is -3.22. The minimum atomic E-state index is -3.22. The molecule has 0 N–H and O–H groups in total. The Bertz CT molecular complexity index is 464. The summed E-state index contributed by atoms with van der Waals surface area (Å²) in [6.07, 6.45) is 0. The second kappa shape index (κ2) is 3.95. The fourth-order valence-corrected chi connectivity index (χ4v) is 1.29. The average molecular weight is 240 g/mol. The molecule has 0 saturated heterocycles. The maximum Gasteiger partial charge on any atom is 0.344 e. The molecule has 82 valence electrons. The first-order valence-electron chi connectivity index (χ1n) is 3.27. The highest BCUT2D eigenvalue weighted by Gasteiger charge is 2.28. The SMILES string of the molecule is O=[N+]([O-])c1c(F)c(F)cc(S(=O)[O-])c1F. The maximum atomic E-state index is 13.0. The van der Waals surface area contributed by atoms with E-state index in [1.54, 1.807) is 0 Å². The lowest BCUT2D eigenvalue weighted by Gasteiger charge is -2.07. The minimum absolute atomic E-state index is 0.0285. The quantitative estimate of drug-likeness (QED) is 0.337. The molecule has 15 heavy (non-hydrogen) atoms. The van der Waals surface area contributed by atoms with Crippen LogP contribution in [0.25, 0.3) is 0 Å². The van der Waals surface area contributed by atoms with E-state index in [0.717, 1.165) is 0 Å². The van der Waals surface area contributed by atoms with Gasteiger partial charge in [-0.3, -0.25) is 14.3 Å². The molecule has 5 nitrogen and oxygen atoms in total. The molecule has 1 unspecified atom stereocenters. The van der Waals surface area contributed by atoms with Crippen LogP contribution in [0.4, 0.5) is 18.9 Å². The molecule has 1 aromatic rings. The van der Waals surface area contributed by atoms with E-state index in [1.165, 1.54) is 0 Å². The number of nitro benzene ring substituents is 1. The first-order valence-corrected chi connectivity index (χ1v) is 4.35. The molecule has 0 heterocycles. The molecule has 9 heteroatoms. The summed E-state index contributed by atoms with van der Waals surface area (Å²) in [7, 11) is 0. The van der Waals surface area contributed by atoms with Crippen LogP contribution in [0, 0.1) is 27.6 Å². The molecule has 0 radical (unpaired) electrons. The number of halogens is 3. The monoisotopic (exact) mass is 240 g/mol. The number of hydrogen-bond acceptors (Lipinski definition) is 4. The first kappa shape index (κ1) is 11.6. The predicted molar refractivity (Wildman–Crippen MR) is 40.2 cm³/mol. The number of benzene rings is 1. The topological polar surface area (TPSA) is 83.3 Å². The van der Waals surface area contributed by atoms with Crippen molar-refractivity contribution in [2.45, 2.75) is 4.90 Å². The van der Waals surface area contributed by atoms with Crippen LogP contribution in [0.15, 0.2) is 11.0 Å². The van der Waals surface area contributed by atoms with Gasteiger partial charge in [0.15, 0.2) is 5.82 Å². The molecule has 0 aliphatic carbocycles. The van der Waals surface area contributed by atoms with Gasteiger partial charge in [0.05, 0.1) is 9.82 Å². The van der Waals surface area contributed by atoms with Gasteiger partial charge in [-0.25, -0.2) is 4.39 Å². The van der Waals surface area contributed by atoms with Crippen molar-refractivity contribution in [1.29, 1.82) is 0 Å². The predicted octanol–water partition coefficient (Wildman–Crippen LogP) is 1.25. The Morgan fingerprint density at radius 1 is 1.27 bits per heavy atom. The smallest absolute Gasteiger partial charge is 0.344 e. The van der Waals surface area contributed by atoms with E-state index in [4.69, 9.17) is 0 Å². The maximum absolute atomic E-state index is 13.0. The molecule has 1 aromatic carbocycles. The van der Waals surface area contributed by atoms with Crippen molar-refractivity contribution in [3.63, 3.8) is 0 Å². The van der Waals surface area contributed by atoms with E-state index in [-0.39, 0.29) is 6.07 Å². The normalized spacial score (nSPS) is 12.5. The van der Waals surface area contributed by atoms with Gasteiger partial charge in [0.1, 0.15) is 0 Å². The highest BCUT2D eigenvalue weighted by molar-refractivity contribution is 7.79. The van der Waals surface area contributed by atoms with Crippen LogP contribution in [-0.2, 0) is 11.1 Å². The van der Waals surface area contributed by atoms with Crippen molar-refractivity contribution in [3.8, 4) is 0 Å². The van der Waals surface area contributed by atoms with Crippen molar-refractivity contribution < 1.29 is 26.9 Å². The zero-order chi connectivity index (χ0) is 11.7. The highest BCUT2D eigenvalue weighted by Crippen LogP contribution is 2.28. The van der Waals surface area contributed by atoms with Gasteiger partial charge >= 0.3 is 5.69 Å². The second-order valence-corrected chi connectivity index (χ2v) is 3.23. The van der Waals surface area contributed by atoms with Gasteiger partial charge in [-0.1, -0.05) is 0 Å². The zero-order valence-electron chi connectivity index (χ0n) is 6.70. The van der Waals surface area contributed by atoms with E-state index in [1.807, 2.05) is 0 Å². The molecule has 0 spiro atoms. The molecule has 0 aliphatic heterocycles. The summed E-state index contributed by atoms with van der Waals surface area (Å²) < 4.78 is 58.9. The van der Waals surface area contributed by atoms with Gasteiger partial charge < -0.3 is 4.55 Å². The number of rotatable bonds is 2. The number of hydrogen-bond donors (Lipinski definition) is 0. The van der Waals surface area contributed by atoms with E-state index in [9.17, 15) is 32.0 Å². The summed E-state index contributed by atoms with van der Waals surface area (Å²) in [5.41, 5.74) is -1.82.